The van der Waals surface area contributed by atoms with Crippen LogP contribution in [-0.2, 0) is 4.79 Å². The van der Waals surface area contributed by atoms with E-state index in [9.17, 15) is 14.9 Å². The lowest BCUT2D eigenvalue weighted by Crippen LogP contribution is -2.32. The number of nitro benzene ring substituents is 1. The Labute approximate surface area is 112 Å². The van der Waals surface area contributed by atoms with E-state index in [1.54, 1.807) is 31.0 Å². The van der Waals surface area contributed by atoms with E-state index < -0.39 is 10.8 Å². The van der Waals surface area contributed by atoms with Crippen LogP contribution in [0.4, 0.5) is 5.69 Å². The van der Waals surface area contributed by atoms with E-state index in [1.165, 1.54) is 12.1 Å². The summed E-state index contributed by atoms with van der Waals surface area (Å²) in [4.78, 5) is 24.0. The van der Waals surface area contributed by atoms with Crippen molar-refractivity contribution in [2.24, 2.45) is 5.73 Å². The predicted octanol–water partition coefficient (Wildman–Crippen LogP) is 1.51. The summed E-state index contributed by atoms with van der Waals surface area (Å²) in [6.45, 7) is 2.87. The molecule has 0 heterocycles. The van der Waals surface area contributed by atoms with E-state index in [0.717, 1.165) is 6.42 Å². The number of hydrogen-bond acceptors (Lipinski definition) is 4. The molecule has 6 heteroatoms. The lowest BCUT2D eigenvalue weighted by Gasteiger charge is -2.21. The second-order valence-electron chi connectivity index (χ2n) is 4.48. The van der Waals surface area contributed by atoms with Crippen LogP contribution in [0.1, 0.15) is 24.8 Å². The Morgan fingerprint density at radius 2 is 2.21 bits per heavy atom. The first kappa shape index (κ1) is 15.1. The molecule has 1 atom stereocenters. The van der Waals surface area contributed by atoms with Gasteiger partial charge in [-0.2, -0.15) is 0 Å². The fourth-order valence-corrected chi connectivity index (χ4v) is 1.82. The first-order valence-electron chi connectivity index (χ1n) is 6.16. The van der Waals surface area contributed by atoms with E-state index in [-0.39, 0.29) is 11.6 Å². The number of rotatable bonds is 6. The summed E-state index contributed by atoms with van der Waals surface area (Å²) in [5.74, 6) is -0.461. The molecule has 0 spiro atoms. The molecular formula is C13H19N3O3. The Balaban J connectivity index is 2.81. The van der Waals surface area contributed by atoms with Crippen molar-refractivity contribution in [1.29, 1.82) is 0 Å². The first-order valence-corrected chi connectivity index (χ1v) is 6.16. The van der Waals surface area contributed by atoms with Crippen LogP contribution in [-0.4, -0.2) is 35.9 Å². The van der Waals surface area contributed by atoms with Crippen molar-refractivity contribution >= 4 is 11.6 Å². The number of likely N-dealkylation sites (N-methyl/N-ethyl adjacent to an activating group) is 1. The van der Waals surface area contributed by atoms with Crippen molar-refractivity contribution in [2.75, 3.05) is 20.1 Å². The van der Waals surface area contributed by atoms with Gasteiger partial charge in [0.2, 0.25) is 5.91 Å². The molecule has 6 nitrogen and oxygen atoms in total. The number of carbonyl (C=O) groups excluding carboxylic acids is 1. The number of benzene rings is 1. The average molecular weight is 265 g/mol. The van der Waals surface area contributed by atoms with Crippen molar-refractivity contribution < 1.29 is 9.72 Å². The summed E-state index contributed by atoms with van der Waals surface area (Å²) >= 11 is 0. The highest BCUT2D eigenvalue weighted by molar-refractivity contribution is 5.83. The Morgan fingerprint density at radius 1 is 1.53 bits per heavy atom. The molecule has 19 heavy (non-hydrogen) atoms. The minimum Gasteiger partial charge on any atom is -0.345 e. The van der Waals surface area contributed by atoms with Gasteiger partial charge in [-0.15, -0.1) is 0 Å². The molecule has 1 aromatic rings. The zero-order valence-corrected chi connectivity index (χ0v) is 11.2. The van der Waals surface area contributed by atoms with Gasteiger partial charge >= 0.3 is 0 Å². The maximum atomic E-state index is 12.1. The predicted molar refractivity (Wildman–Crippen MR) is 72.8 cm³/mol. The number of hydrogen-bond donors (Lipinski definition) is 1. The summed E-state index contributed by atoms with van der Waals surface area (Å²) in [5.41, 5.74) is 6.06. The van der Waals surface area contributed by atoms with Gasteiger partial charge in [0.25, 0.3) is 5.69 Å². The molecule has 0 aliphatic heterocycles. The van der Waals surface area contributed by atoms with Crippen LogP contribution >= 0.6 is 0 Å². The molecular weight excluding hydrogens is 246 g/mol. The SMILES string of the molecule is CC(C(=O)N(C)CCCN)c1cccc([N+](=O)[O-])c1. The molecule has 0 saturated carbocycles. The number of nitrogens with zero attached hydrogens (tertiary/aromatic N) is 2. The van der Waals surface area contributed by atoms with Crippen LogP contribution in [0.25, 0.3) is 0 Å². The number of non-ortho nitro benzene ring substituents is 1. The second kappa shape index (κ2) is 6.84. The minimum atomic E-state index is -0.459. The highest BCUT2D eigenvalue weighted by Gasteiger charge is 2.20. The summed E-state index contributed by atoms with van der Waals surface area (Å²) in [7, 11) is 1.71. The molecule has 0 radical (unpaired) electrons. The van der Waals surface area contributed by atoms with Crippen LogP contribution in [0.15, 0.2) is 24.3 Å². The van der Waals surface area contributed by atoms with E-state index in [1.807, 2.05) is 0 Å². The third-order valence-electron chi connectivity index (χ3n) is 3.03. The zero-order valence-electron chi connectivity index (χ0n) is 11.2. The maximum absolute atomic E-state index is 12.1. The molecule has 1 rings (SSSR count). The van der Waals surface area contributed by atoms with Gasteiger partial charge in [-0.3, -0.25) is 14.9 Å². The van der Waals surface area contributed by atoms with E-state index in [2.05, 4.69) is 0 Å². The fraction of sp³-hybridized carbons (Fsp3) is 0.462. The van der Waals surface area contributed by atoms with E-state index in [4.69, 9.17) is 5.73 Å². The Morgan fingerprint density at radius 3 is 2.79 bits per heavy atom. The summed E-state index contributed by atoms with van der Waals surface area (Å²) in [6.07, 6.45) is 0.740. The van der Waals surface area contributed by atoms with Crippen molar-refractivity contribution in [3.8, 4) is 0 Å². The molecule has 2 N–H and O–H groups in total. The number of nitro groups is 1. The third-order valence-corrected chi connectivity index (χ3v) is 3.03. The van der Waals surface area contributed by atoms with Crippen LogP contribution in [0.5, 0.6) is 0 Å². The van der Waals surface area contributed by atoms with Crippen LogP contribution in [0.2, 0.25) is 0 Å². The fourth-order valence-electron chi connectivity index (χ4n) is 1.82. The largest absolute Gasteiger partial charge is 0.345 e. The van der Waals surface area contributed by atoms with Crippen molar-refractivity contribution in [3.63, 3.8) is 0 Å². The lowest BCUT2D eigenvalue weighted by molar-refractivity contribution is -0.384. The molecule has 0 bridgehead atoms. The first-order chi connectivity index (χ1) is 8.97. The van der Waals surface area contributed by atoms with Crippen LogP contribution in [0.3, 0.4) is 0 Å². The molecule has 0 aliphatic rings. The standard InChI is InChI=1S/C13H19N3O3/c1-10(13(17)15(2)8-4-7-14)11-5-3-6-12(9-11)16(18)19/h3,5-6,9-10H,4,7-8,14H2,1-2H3. The molecule has 0 aromatic heterocycles. The normalized spacial score (nSPS) is 11.9. The Bertz CT molecular complexity index is 462. The van der Waals surface area contributed by atoms with E-state index in [0.29, 0.717) is 18.7 Å². The lowest BCUT2D eigenvalue weighted by atomic mass is 9.99. The monoisotopic (exact) mass is 265 g/mol. The topological polar surface area (TPSA) is 89.5 Å². The quantitative estimate of drug-likeness (QED) is 0.623. The maximum Gasteiger partial charge on any atom is 0.269 e. The smallest absolute Gasteiger partial charge is 0.269 e. The highest BCUT2D eigenvalue weighted by atomic mass is 16.6. The number of amides is 1. The average Bonchev–Trinajstić information content (AvgIpc) is 2.43. The number of carbonyl (C=O) groups is 1. The van der Waals surface area contributed by atoms with Crippen LogP contribution in [0, 0.1) is 10.1 Å². The number of nitrogens with two attached hydrogens (primary N) is 1. The van der Waals surface area contributed by atoms with Gasteiger partial charge in [0, 0.05) is 25.7 Å². The molecule has 104 valence electrons. The van der Waals surface area contributed by atoms with Gasteiger partial charge < -0.3 is 10.6 Å². The Hall–Kier alpha value is -1.95. The van der Waals surface area contributed by atoms with Crippen molar-refractivity contribution in [3.05, 3.63) is 39.9 Å². The molecule has 0 saturated heterocycles. The highest BCUT2D eigenvalue weighted by Crippen LogP contribution is 2.22. The summed E-state index contributed by atoms with van der Waals surface area (Å²) in [5, 5.41) is 10.7. The summed E-state index contributed by atoms with van der Waals surface area (Å²) in [6, 6.07) is 6.18. The van der Waals surface area contributed by atoms with Gasteiger partial charge in [0.05, 0.1) is 10.8 Å². The second-order valence-corrected chi connectivity index (χ2v) is 4.48. The van der Waals surface area contributed by atoms with Gasteiger partial charge in [-0.1, -0.05) is 12.1 Å². The molecule has 0 fully saturated rings. The van der Waals surface area contributed by atoms with Gasteiger partial charge in [-0.05, 0) is 25.5 Å². The summed E-state index contributed by atoms with van der Waals surface area (Å²) < 4.78 is 0. The zero-order chi connectivity index (χ0) is 14.4. The van der Waals surface area contributed by atoms with Crippen LogP contribution < -0.4 is 5.73 Å². The van der Waals surface area contributed by atoms with Gasteiger partial charge in [-0.25, -0.2) is 0 Å². The molecule has 0 aliphatic carbocycles. The third kappa shape index (κ3) is 4.03. The Kier molecular flexibility index (Phi) is 5.44. The van der Waals surface area contributed by atoms with Gasteiger partial charge in [0.15, 0.2) is 0 Å². The van der Waals surface area contributed by atoms with E-state index >= 15 is 0 Å². The van der Waals surface area contributed by atoms with Gasteiger partial charge in [0.1, 0.15) is 0 Å². The minimum absolute atomic E-state index is 0.00163. The van der Waals surface area contributed by atoms with Crippen molar-refractivity contribution in [2.45, 2.75) is 19.3 Å². The molecule has 1 aromatic carbocycles. The van der Waals surface area contributed by atoms with Crippen molar-refractivity contribution in [1.82, 2.24) is 4.90 Å². The molecule has 1 amide bonds. The molecule has 1 unspecified atom stereocenters.